The zero-order valence-electron chi connectivity index (χ0n) is 10.0. The summed E-state index contributed by atoms with van der Waals surface area (Å²) in [5.41, 5.74) is -1.11. The van der Waals surface area contributed by atoms with Gasteiger partial charge in [-0.1, -0.05) is 0 Å². The first-order chi connectivity index (χ1) is 8.29. The van der Waals surface area contributed by atoms with Gasteiger partial charge in [-0.25, -0.2) is 5.06 Å². The molecule has 0 saturated carbocycles. The number of carbonyl (C=O) groups is 1. The van der Waals surface area contributed by atoms with Crippen molar-refractivity contribution < 1.29 is 27.5 Å². The van der Waals surface area contributed by atoms with Gasteiger partial charge in [-0.2, -0.15) is 13.2 Å². The maximum atomic E-state index is 12.6. The number of hydrogen-bond acceptors (Lipinski definition) is 3. The fourth-order valence-corrected chi connectivity index (χ4v) is 1.27. The Balaban J connectivity index is 3.24. The molecule has 0 radical (unpaired) electrons. The molecular weight excluding hydrogens is 251 g/mol. The van der Waals surface area contributed by atoms with E-state index in [0.717, 1.165) is 17.2 Å². The number of methoxy groups -OCH3 is 1. The van der Waals surface area contributed by atoms with Crippen LogP contribution in [0, 0.1) is 0 Å². The summed E-state index contributed by atoms with van der Waals surface area (Å²) in [4.78, 5) is 16.3. The van der Waals surface area contributed by atoms with E-state index in [2.05, 4.69) is 4.84 Å². The number of alkyl halides is 3. The Morgan fingerprint density at radius 2 is 1.83 bits per heavy atom. The Morgan fingerprint density at radius 3 is 2.28 bits per heavy atom. The van der Waals surface area contributed by atoms with Crippen LogP contribution in [0.3, 0.4) is 0 Å². The summed E-state index contributed by atoms with van der Waals surface area (Å²) in [6.07, 6.45) is -4.55. The molecule has 0 aliphatic carbocycles. The van der Waals surface area contributed by atoms with Crippen molar-refractivity contribution in [3.05, 3.63) is 29.3 Å². The number of ether oxygens (including phenoxy) is 1. The van der Waals surface area contributed by atoms with E-state index >= 15 is 0 Å². The van der Waals surface area contributed by atoms with Gasteiger partial charge < -0.3 is 4.74 Å². The molecule has 1 rings (SSSR count). The second-order valence-corrected chi connectivity index (χ2v) is 3.43. The number of rotatable bonds is 3. The molecule has 0 heterocycles. The lowest BCUT2D eigenvalue weighted by atomic mass is 10.1. The first-order valence-corrected chi connectivity index (χ1v) is 4.88. The topological polar surface area (TPSA) is 38.8 Å². The summed E-state index contributed by atoms with van der Waals surface area (Å²) >= 11 is 0. The second kappa shape index (κ2) is 5.26. The number of benzene rings is 1. The molecule has 100 valence electrons. The molecule has 1 aromatic carbocycles. The molecule has 0 bridgehead atoms. The van der Waals surface area contributed by atoms with Gasteiger partial charge in [-0.15, -0.1) is 0 Å². The van der Waals surface area contributed by atoms with Crippen LogP contribution in [-0.2, 0) is 11.0 Å². The van der Waals surface area contributed by atoms with Crippen LogP contribution in [0.25, 0.3) is 0 Å². The van der Waals surface area contributed by atoms with E-state index in [9.17, 15) is 18.0 Å². The third kappa shape index (κ3) is 3.13. The Kier molecular flexibility index (Phi) is 4.18. The molecule has 18 heavy (non-hydrogen) atoms. The largest absolute Gasteiger partial charge is 0.497 e. The minimum absolute atomic E-state index is 0.0438. The number of hydroxylamine groups is 2. The molecule has 1 amide bonds. The van der Waals surface area contributed by atoms with Crippen LogP contribution in [0.5, 0.6) is 5.75 Å². The van der Waals surface area contributed by atoms with E-state index in [4.69, 9.17) is 4.74 Å². The molecular formula is C11H12F3NO3. The lowest BCUT2D eigenvalue weighted by molar-refractivity contribution is -0.137. The maximum Gasteiger partial charge on any atom is 0.416 e. The van der Waals surface area contributed by atoms with Crippen molar-refractivity contribution in [3.8, 4) is 5.75 Å². The predicted octanol–water partition coefficient (Wildman–Crippen LogP) is 2.35. The Hall–Kier alpha value is -1.76. The van der Waals surface area contributed by atoms with Gasteiger partial charge in [0, 0.05) is 12.6 Å². The van der Waals surface area contributed by atoms with Gasteiger partial charge >= 0.3 is 6.18 Å². The highest BCUT2D eigenvalue weighted by Crippen LogP contribution is 2.32. The quantitative estimate of drug-likeness (QED) is 0.786. The summed E-state index contributed by atoms with van der Waals surface area (Å²) in [5, 5.41) is 0.828. The van der Waals surface area contributed by atoms with Crippen LogP contribution in [0.15, 0.2) is 18.2 Å². The van der Waals surface area contributed by atoms with Gasteiger partial charge in [0.25, 0.3) is 5.91 Å². The molecule has 4 nitrogen and oxygen atoms in total. The van der Waals surface area contributed by atoms with Crippen LogP contribution in [-0.4, -0.2) is 32.2 Å². The smallest absolute Gasteiger partial charge is 0.416 e. The third-order valence-electron chi connectivity index (χ3n) is 2.28. The zero-order valence-corrected chi connectivity index (χ0v) is 10.0. The summed E-state index contributed by atoms with van der Waals surface area (Å²) < 4.78 is 42.6. The number of amides is 1. The van der Waals surface area contributed by atoms with Crippen LogP contribution in [0.4, 0.5) is 13.2 Å². The van der Waals surface area contributed by atoms with E-state index in [1.54, 1.807) is 0 Å². The van der Waals surface area contributed by atoms with Gasteiger partial charge in [-0.05, 0) is 18.2 Å². The molecule has 0 atom stereocenters. The Bertz CT molecular complexity index is 446. The second-order valence-electron chi connectivity index (χ2n) is 3.43. The zero-order chi connectivity index (χ0) is 13.9. The lowest BCUT2D eigenvalue weighted by Crippen LogP contribution is -2.25. The van der Waals surface area contributed by atoms with E-state index in [1.165, 1.54) is 27.3 Å². The SMILES string of the molecule is COc1cc(C(=O)N(C)OC)cc(C(F)(F)F)c1. The molecule has 0 unspecified atom stereocenters. The summed E-state index contributed by atoms with van der Waals surface area (Å²) in [6, 6.07) is 2.79. The van der Waals surface area contributed by atoms with Gasteiger partial charge in [-0.3, -0.25) is 9.63 Å². The van der Waals surface area contributed by atoms with Crippen LogP contribution in [0.2, 0.25) is 0 Å². The minimum atomic E-state index is -4.55. The van der Waals surface area contributed by atoms with Gasteiger partial charge in [0.2, 0.25) is 0 Å². The summed E-state index contributed by atoms with van der Waals surface area (Å²) in [6.45, 7) is 0. The third-order valence-corrected chi connectivity index (χ3v) is 2.28. The molecule has 7 heteroatoms. The average Bonchev–Trinajstić information content (AvgIpc) is 2.35. The van der Waals surface area contributed by atoms with Crippen molar-refractivity contribution in [2.24, 2.45) is 0 Å². The van der Waals surface area contributed by atoms with Crippen LogP contribution >= 0.6 is 0 Å². The van der Waals surface area contributed by atoms with Crippen molar-refractivity contribution in [2.75, 3.05) is 21.3 Å². The molecule has 0 spiro atoms. The van der Waals surface area contributed by atoms with Gasteiger partial charge in [0.05, 0.1) is 19.8 Å². The molecule has 0 aromatic heterocycles. The first kappa shape index (κ1) is 14.3. The van der Waals surface area contributed by atoms with E-state index in [-0.39, 0.29) is 11.3 Å². The van der Waals surface area contributed by atoms with Crippen LogP contribution in [0.1, 0.15) is 15.9 Å². The number of nitrogens with zero attached hydrogens (tertiary/aromatic N) is 1. The molecule has 0 aliphatic heterocycles. The highest BCUT2D eigenvalue weighted by Gasteiger charge is 2.32. The van der Waals surface area contributed by atoms with Crippen molar-refractivity contribution >= 4 is 5.91 Å². The standard InChI is InChI=1S/C11H12F3NO3/c1-15(18-3)10(16)7-4-8(11(12,13)14)6-9(5-7)17-2/h4-6H,1-3H3. The summed E-state index contributed by atoms with van der Waals surface area (Å²) in [7, 11) is 3.77. The average molecular weight is 263 g/mol. The fraction of sp³-hybridized carbons (Fsp3) is 0.364. The normalized spacial score (nSPS) is 11.2. The molecule has 0 N–H and O–H groups in total. The molecule has 0 aliphatic rings. The van der Waals surface area contributed by atoms with Gasteiger partial charge in [0.1, 0.15) is 5.75 Å². The van der Waals surface area contributed by atoms with Crippen molar-refractivity contribution in [1.82, 2.24) is 5.06 Å². The first-order valence-electron chi connectivity index (χ1n) is 4.88. The predicted molar refractivity (Wildman–Crippen MR) is 57.1 cm³/mol. The molecule has 1 aromatic rings. The highest BCUT2D eigenvalue weighted by molar-refractivity contribution is 5.94. The lowest BCUT2D eigenvalue weighted by Gasteiger charge is -2.16. The van der Waals surface area contributed by atoms with Gasteiger partial charge in [0.15, 0.2) is 0 Å². The minimum Gasteiger partial charge on any atom is -0.497 e. The monoisotopic (exact) mass is 263 g/mol. The van der Waals surface area contributed by atoms with Crippen molar-refractivity contribution in [1.29, 1.82) is 0 Å². The Morgan fingerprint density at radius 1 is 1.22 bits per heavy atom. The van der Waals surface area contributed by atoms with Crippen molar-refractivity contribution in [3.63, 3.8) is 0 Å². The molecule has 0 saturated heterocycles. The number of halogens is 3. The molecule has 0 fully saturated rings. The summed E-state index contributed by atoms with van der Waals surface area (Å²) in [5.74, 6) is -0.737. The maximum absolute atomic E-state index is 12.6. The fourth-order valence-electron chi connectivity index (χ4n) is 1.27. The van der Waals surface area contributed by atoms with E-state index < -0.39 is 17.6 Å². The number of carbonyl (C=O) groups excluding carboxylic acids is 1. The number of hydrogen-bond donors (Lipinski definition) is 0. The van der Waals surface area contributed by atoms with E-state index in [1.807, 2.05) is 0 Å². The van der Waals surface area contributed by atoms with Crippen molar-refractivity contribution in [2.45, 2.75) is 6.18 Å². The highest BCUT2D eigenvalue weighted by atomic mass is 19.4. The Labute approximate surface area is 102 Å². The van der Waals surface area contributed by atoms with E-state index in [0.29, 0.717) is 0 Å². The van der Waals surface area contributed by atoms with Crippen LogP contribution < -0.4 is 4.74 Å².